The van der Waals surface area contributed by atoms with Gasteiger partial charge in [0.25, 0.3) is 0 Å². The van der Waals surface area contributed by atoms with Crippen LogP contribution in [0.5, 0.6) is 0 Å². The van der Waals surface area contributed by atoms with Gasteiger partial charge in [-0.15, -0.1) is 0 Å². The van der Waals surface area contributed by atoms with Crippen LogP contribution in [0.2, 0.25) is 0 Å². The number of carbonyl (C=O) groups excluding carboxylic acids is 1. The maximum Gasteiger partial charge on any atom is 0.239 e. The first kappa shape index (κ1) is 11.2. The van der Waals surface area contributed by atoms with E-state index in [4.69, 9.17) is 5.73 Å². The van der Waals surface area contributed by atoms with Crippen LogP contribution in [0.4, 0.5) is 0 Å². The second kappa shape index (κ2) is 4.26. The molecule has 0 spiro atoms. The van der Waals surface area contributed by atoms with Gasteiger partial charge >= 0.3 is 0 Å². The smallest absolute Gasteiger partial charge is 0.239 e. The topological polar surface area (TPSA) is 55.1 Å². The van der Waals surface area contributed by atoms with Crippen LogP contribution in [0.1, 0.15) is 27.7 Å². The van der Waals surface area contributed by atoms with Crippen LogP contribution in [0.25, 0.3) is 0 Å². The van der Waals surface area contributed by atoms with Gasteiger partial charge < -0.3 is 11.1 Å². The Bertz CT molecular complexity index is 185. The SMILES string of the molecule is CC(C)=CCNC(=O)C(C)(C)N. The van der Waals surface area contributed by atoms with E-state index in [1.54, 1.807) is 13.8 Å². The van der Waals surface area contributed by atoms with Crippen LogP contribution in [0, 0.1) is 0 Å². The Labute approximate surface area is 74.0 Å². The molecule has 0 aliphatic carbocycles. The van der Waals surface area contributed by atoms with Crippen molar-refractivity contribution in [2.24, 2.45) is 5.73 Å². The zero-order valence-electron chi connectivity index (χ0n) is 8.27. The molecule has 0 aromatic rings. The summed E-state index contributed by atoms with van der Waals surface area (Å²) >= 11 is 0. The predicted molar refractivity (Wildman–Crippen MR) is 50.7 cm³/mol. The van der Waals surface area contributed by atoms with Crippen molar-refractivity contribution in [2.45, 2.75) is 33.2 Å². The van der Waals surface area contributed by atoms with Gasteiger partial charge in [0.2, 0.25) is 5.91 Å². The minimum atomic E-state index is -0.782. The number of hydrogen-bond donors (Lipinski definition) is 2. The van der Waals surface area contributed by atoms with Gasteiger partial charge in [-0.3, -0.25) is 4.79 Å². The molecule has 0 aromatic heterocycles. The summed E-state index contributed by atoms with van der Waals surface area (Å²) < 4.78 is 0. The summed E-state index contributed by atoms with van der Waals surface area (Å²) in [5, 5.41) is 2.71. The van der Waals surface area contributed by atoms with Crippen molar-refractivity contribution in [3.05, 3.63) is 11.6 Å². The lowest BCUT2D eigenvalue weighted by Crippen LogP contribution is -2.49. The molecule has 1 amide bonds. The number of amides is 1. The first-order chi connectivity index (χ1) is 5.34. The molecule has 3 heteroatoms. The number of hydrogen-bond acceptors (Lipinski definition) is 2. The van der Waals surface area contributed by atoms with E-state index in [1.807, 2.05) is 19.9 Å². The van der Waals surface area contributed by atoms with Crippen LogP contribution in [0.3, 0.4) is 0 Å². The normalized spacial score (nSPS) is 10.8. The van der Waals surface area contributed by atoms with Crippen LogP contribution in [-0.4, -0.2) is 18.0 Å². The van der Waals surface area contributed by atoms with E-state index in [0.717, 1.165) is 0 Å². The van der Waals surface area contributed by atoms with E-state index in [9.17, 15) is 4.79 Å². The fraction of sp³-hybridized carbons (Fsp3) is 0.667. The third-order valence-electron chi connectivity index (χ3n) is 1.36. The summed E-state index contributed by atoms with van der Waals surface area (Å²) in [7, 11) is 0. The Balaban J connectivity index is 3.82. The van der Waals surface area contributed by atoms with E-state index in [-0.39, 0.29) is 5.91 Å². The van der Waals surface area contributed by atoms with E-state index in [2.05, 4.69) is 5.32 Å². The summed E-state index contributed by atoms with van der Waals surface area (Å²) in [6.07, 6.45) is 1.95. The van der Waals surface area contributed by atoms with Crippen molar-refractivity contribution in [2.75, 3.05) is 6.54 Å². The zero-order chi connectivity index (χ0) is 9.78. The fourth-order valence-electron chi connectivity index (χ4n) is 0.576. The van der Waals surface area contributed by atoms with Crippen molar-refractivity contribution in [3.63, 3.8) is 0 Å². The van der Waals surface area contributed by atoms with Crippen molar-refractivity contribution in [3.8, 4) is 0 Å². The lowest BCUT2D eigenvalue weighted by Gasteiger charge is -2.16. The third kappa shape index (κ3) is 4.91. The average Bonchev–Trinajstić information content (AvgIpc) is 1.84. The maximum absolute atomic E-state index is 11.2. The van der Waals surface area contributed by atoms with Gasteiger partial charge in [0.1, 0.15) is 0 Å². The molecular weight excluding hydrogens is 152 g/mol. The highest BCUT2D eigenvalue weighted by Crippen LogP contribution is 1.95. The standard InChI is InChI=1S/C9H18N2O/c1-7(2)5-6-11-8(12)9(3,4)10/h5H,6,10H2,1-4H3,(H,11,12). The van der Waals surface area contributed by atoms with Crippen LogP contribution in [0.15, 0.2) is 11.6 Å². The number of carbonyl (C=O) groups is 1. The molecule has 3 nitrogen and oxygen atoms in total. The molecule has 0 radical (unpaired) electrons. The molecule has 0 aromatic carbocycles. The van der Waals surface area contributed by atoms with Gasteiger partial charge in [0.15, 0.2) is 0 Å². The Morgan fingerprint density at radius 1 is 1.50 bits per heavy atom. The van der Waals surface area contributed by atoms with Crippen LogP contribution < -0.4 is 11.1 Å². The minimum Gasteiger partial charge on any atom is -0.351 e. The molecule has 0 unspecified atom stereocenters. The Kier molecular flexibility index (Phi) is 3.96. The van der Waals surface area contributed by atoms with Crippen molar-refractivity contribution >= 4 is 5.91 Å². The molecule has 0 saturated heterocycles. The summed E-state index contributed by atoms with van der Waals surface area (Å²) in [5.41, 5.74) is 5.97. The maximum atomic E-state index is 11.2. The molecule has 0 bridgehead atoms. The van der Waals surface area contributed by atoms with E-state index >= 15 is 0 Å². The predicted octanol–water partition coefficient (Wildman–Crippen LogP) is 0.806. The number of rotatable bonds is 3. The molecule has 3 N–H and O–H groups in total. The molecule has 0 rings (SSSR count). The van der Waals surface area contributed by atoms with E-state index < -0.39 is 5.54 Å². The number of nitrogens with two attached hydrogens (primary N) is 1. The van der Waals surface area contributed by atoms with E-state index in [1.165, 1.54) is 5.57 Å². The molecule has 12 heavy (non-hydrogen) atoms. The Hall–Kier alpha value is -0.830. The first-order valence-electron chi connectivity index (χ1n) is 4.04. The highest BCUT2D eigenvalue weighted by atomic mass is 16.2. The van der Waals surface area contributed by atoms with Gasteiger partial charge in [0.05, 0.1) is 5.54 Å². The van der Waals surface area contributed by atoms with Gasteiger partial charge in [-0.2, -0.15) is 0 Å². The fourth-order valence-corrected chi connectivity index (χ4v) is 0.576. The lowest BCUT2D eigenvalue weighted by atomic mass is 10.1. The van der Waals surface area contributed by atoms with Crippen molar-refractivity contribution in [1.29, 1.82) is 0 Å². The summed E-state index contributed by atoms with van der Waals surface area (Å²) in [5.74, 6) is -0.125. The largest absolute Gasteiger partial charge is 0.351 e. The van der Waals surface area contributed by atoms with Gasteiger partial charge in [0, 0.05) is 6.54 Å². The van der Waals surface area contributed by atoms with Crippen LogP contribution in [-0.2, 0) is 4.79 Å². The molecule has 0 heterocycles. The van der Waals surface area contributed by atoms with Gasteiger partial charge in [-0.05, 0) is 27.7 Å². The van der Waals surface area contributed by atoms with Crippen molar-refractivity contribution in [1.82, 2.24) is 5.32 Å². The van der Waals surface area contributed by atoms with Crippen molar-refractivity contribution < 1.29 is 4.79 Å². The Morgan fingerprint density at radius 2 is 2.00 bits per heavy atom. The second-order valence-corrected chi connectivity index (χ2v) is 3.71. The molecule has 0 atom stereocenters. The zero-order valence-corrected chi connectivity index (χ0v) is 8.27. The monoisotopic (exact) mass is 170 g/mol. The number of allylic oxidation sites excluding steroid dienone is 1. The second-order valence-electron chi connectivity index (χ2n) is 3.71. The molecular formula is C9H18N2O. The quantitative estimate of drug-likeness (QED) is 0.616. The first-order valence-corrected chi connectivity index (χ1v) is 4.04. The summed E-state index contributed by atoms with van der Waals surface area (Å²) in [6, 6.07) is 0. The van der Waals surface area contributed by atoms with E-state index in [0.29, 0.717) is 6.54 Å². The molecule has 70 valence electrons. The molecule has 0 saturated carbocycles. The lowest BCUT2D eigenvalue weighted by molar-refractivity contribution is -0.124. The highest BCUT2D eigenvalue weighted by Gasteiger charge is 2.20. The highest BCUT2D eigenvalue weighted by molar-refractivity contribution is 5.85. The molecule has 0 fully saturated rings. The Morgan fingerprint density at radius 3 is 2.33 bits per heavy atom. The molecule has 0 aliphatic rings. The molecule has 0 aliphatic heterocycles. The summed E-state index contributed by atoms with van der Waals surface area (Å²) in [4.78, 5) is 11.2. The third-order valence-corrected chi connectivity index (χ3v) is 1.36. The summed E-state index contributed by atoms with van der Waals surface area (Å²) in [6.45, 7) is 7.90. The minimum absolute atomic E-state index is 0.125. The van der Waals surface area contributed by atoms with Crippen LogP contribution >= 0.6 is 0 Å². The van der Waals surface area contributed by atoms with Gasteiger partial charge in [-0.1, -0.05) is 11.6 Å². The van der Waals surface area contributed by atoms with Gasteiger partial charge in [-0.25, -0.2) is 0 Å². The average molecular weight is 170 g/mol. The number of nitrogens with one attached hydrogen (secondary N) is 1.